The van der Waals surface area contributed by atoms with Gasteiger partial charge in [-0.1, -0.05) is 13.8 Å². The maximum atomic E-state index is 13.0. The molecule has 5 heteroatoms. The quantitative estimate of drug-likeness (QED) is 0.666. The van der Waals surface area contributed by atoms with Gasteiger partial charge in [0.05, 0.1) is 10.0 Å². The second-order valence-corrected chi connectivity index (χ2v) is 4.19. The molecule has 0 unspecified atom stereocenters. The molecule has 0 aromatic heterocycles. The van der Waals surface area contributed by atoms with Crippen LogP contribution in [0, 0.1) is 17.6 Å². The number of hydrogen-bond acceptors (Lipinski definition) is 2. The van der Waals surface area contributed by atoms with Gasteiger partial charge in [0.1, 0.15) is 5.75 Å². The lowest BCUT2D eigenvalue weighted by molar-refractivity contribution is 0.0936. The maximum Gasteiger partial charge on any atom is 0.176 e. The van der Waals surface area contributed by atoms with Crippen molar-refractivity contribution in [1.82, 2.24) is 0 Å². The standard InChI is InChI=1S/C10H9BrF2O2/c1-4(2)9(14)5-3-6(12)8(13)7(11)10(5)15/h3-4,15H,1-2H3. The number of carbonyl (C=O) groups is 1. The second kappa shape index (κ2) is 4.26. The number of hydrogen-bond donors (Lipinski definition) is 1. The van der Waals surface area contributed by atoms with Crippen LogP contribution in [0.25, 0.3) is 0 Å². The van der Waals surface area contributed by atoms with Crippen LogP contribution in [-0.2, 0) is 0 Å². The van der Waals surface area contributed by atoms with Gasteiger partial charge < -0.3 is 5.11 Å². The number of aromatic hydroxyl groups is 1. The molecule has 0 aliphatic rings. The van der Waals surface area contributed by atoms with Gasteiger partial charge in [-0.25, -0.2) is 8.78 Å². The highest BCUT2D eigenvalue weighted by Gasteiger charge is 2.22. The zero-order valence-corrected chi connectivity index (χ0v) is 9.73. The molecule has 0 aliphatic carbocycles. The van der Waals surface area contributed by atoms with E-state index in [4.69, 9.17) is 0 Å². The first-order valence-electron chi connectivity index (χ1n) is 4.27. The van der Waals surface area contributed by atoms with Crippen molar-refractivity contribution < 1.29 is 18.7 Å². The molecule has 0 saturated carbocycles. The largest absolute Gasteiger partial charge is 0.506 e. The average molecular weight is 279 g/mol. The first-order valence-corrected chi connectivity index (χ1v) is 5.06. The van der Waals surface area contributed by atoms with Gasteiger partial charge in [0.25, 0.3) is 0 Å². The lowest BCUT2D eigenvalue weighted by Crippen LogP contribution is -2.09. The molecule has 2 nitrogen and oxygen atoms in total. The molecule has 1 aromatic rings. The number of phenols is 1. The van der Waals surface area contributed by atoms with Crippen LogP contribution in [0.1, 0.15) is 24.2 Å². The van der Waals surface area contributed by atoms with E-state index < -0.39 is 33.6 Å². The van der Waals surface area contributed by atoms with E-state index in [-0.39, 0.29) is 5.56 Å². The van der Waals surface area contributed by atoms with Crippen molar-refractivity contribution in [3.63, 3.8) is 0 Å². The van der Waals surface area contributed by atoms with Crippen LogP contribution in [0.5, 0.6) is 5.75 Å². The first kappa shape index (κ1) is 12.1. The molecule has 0 radical (unpaired) electrons. The summed E-state index contributed by atoms with van der Waals surface area (Å²) in [6, 6.07) is 0.706. The molecular formula is C10H9BrF2O2. The fourth-order valence-corrected chi connectivity index (χ4v) is 1.49. The Kier molecular flexibility index (Phi) is 3.44. The number of phenolic OH excluding ortho intramolecular Hbond substituents is 1. The van der Waals surface area contributed by atoms with Crippen LogP contribution in [0.15, 0.2) is 10.5 Å². The molecule has 1 N–H and O–H groups in total. The Bertz CT molecular complexity index is 416. The summed E-state index contributed by atoms with van der Waals surface area (Å²) in [6.07, 6.45) is 0. The van der Waals surface area contributed by atoms with Gasteiger partial charge in [-0.3, -0.25) is 4.79 Å². The Hall–Kier alpha value is -0.970. The Morgan fingerprint density at radius 1 is 1.47 bits per heavy atom. The molecule has 82 valence electrons. The zero-order valence-electron chi connectivity index (χ0n) is 8.14. The number of halogens is 3. The van der Waals surface area contributed by atoms with Crippen LogP contribution in [0.2, 0.25) is 0 Å². The Balaban J connectivity index is 3.39. The summed E-state index contributed by atoms with van der Waals surface area (Å²) in [5, 5.41) is 9.45. The highest BCUT2D eigenvalue weighted by atomic mass is 79.9. The van der Waals surface area contributed by atoms with Crippen molar-refractivity contribution in [2.45, 2.75) is 13.8 Å². The van der Waals surface area contributed by atoms with E-state index in [0.29, 0.717) is 6.07 Å². The Labute approximate surface area is 94.0 Å². The fourth-order valence-electron chi connectivity index (χ4n) is 1.08. The highest BCUT2D eigenvalue weighted by molar-refractivity contribution is 9.10. The van der Waals surface area contributed by atoms with E-state index in [1.165, 1.54) is 0 Å². The summed E-state index contributed by atoms with van der Waals surface area (Å²) in [5.74, 6) is -3.76. The smallest absolute Gasteiger partial charge is 0.176 e. The van der Waals surface area contributed by atoms with E-state index in [1.807, 2.05) is 0 Å². The molecule has 0 amide bonds. The summed E-state index contributed by atoms with van der Waals surface area (Å²) in [7, 11) is 0. The van der Waals surface area contributed by atoms with E-state index in [1.54, 1.807) is 13.8 Å². The number of benzene rings is 1. The molecule has 1 rings (SSSR count). The number of ketones is 1. The van der Waals surface area contributed by atoms with Crippen molar-refractivity contribution in [2.24, 2.45) is 5.92 Å². The third-order valence-electron chi connectivity index (χ3n) is 1.93. The van der Waals surface area contributed by atoms with Gasteiger partial charge >= 0.3 is 0 Å². The van der Waals surface area contributed by atoms with Gasteiger partial charge in [0.15, 0.2) is 17.4 Å². The summed E-state index contributed by atoms with van der Waals surface area (Å²) in [6.45, 7) is 3.22. The van der Waals surface area contributed by atoms with E-state index >= 15 is 0 Å². The van der Waals surface area contributed by atoms with Crippen molar-refractivity contribution in [1.29, 1.82) is 0 Å². The second-order valence-electron chi connectivity index (χ2n) is 3.40. The highest BCUT2D eigenvalue weighted by Crippen LogP contribution is 2.33. The molecule has 0 spiro atoms. The molecule has 0 heterocycles. The van der Waals surface area contributed by atoms with Crippen molar-refractivity contribution >= 4 is 21.7 Å². The minimum Gasteiger partial charge on any atom is -0.506 e. The molecule has 1 aromatic carbocycles. The average Bonchev–Trinajstić information content (AvgIpc) is 2.19. The maximum absolute atomic E-state index is 13.0. The predicted octanol–water partition coefficient (Wildman–Crippen LogP) is 3.27. The van der Waals surface area contributed by atoms with Crippen molar-refractivity contribution in [3.05, 3.63) is 27.7 Å². The Morgan fingerprint density at radius 3 is 2.47 bits per heavy atom. The number of Topliss-reactive ketones (excluding diaryl/α,β-unsaturated/α-hetero) is 1. The molecular weight excluding hydrogens is 270 g/mol. The third-order valence-corrected chi connectivity index (χ3v) is 2.65. The topological polar surface area (TPSA) is 37.3 Å². The molecule has 0 bridgehead atoms. The SMILES string of the molecule is CC(C)C(=O)c1cc(F)c(F)c(Br)c1O. The summed E-state index contributed by atoms with van der Waals surface area (Å²) in [5.41, 5.74) is -0.212. The van der Waals surface area contributed by atoms with Crippen molar-refractivity contribution in [3.8, 4) is 5.75 Å². The van der Waals surface area contributed by atoms with Crippen LogP contribution >= 0.6 is 15.9 Å². The van der Waals surface area contributed by atoms with Crippen LogP contribution in [0.3, 0.4) is 0 Å². The summed E-state index contributed by atoms with van der Waals surface area (Å²) >= 11 is 2.68. The van der Waals surface area contributed by atoms with Gasteiger partial charge in [0.2, 0.25) is 0 Å². The molecule has 0 atom stereocenters. The predicted molar refractivity (Wildman–Crippen MR) is 54.9 cm³/mol. The summed E-state index contributed by atoms with van der Waals surface area (Å²) in [4.78, 5) is 11.5. The van der Waals surface area contributed by atoms with Crippen LogP contribution < -0.4 is 0 Å². The van der Waals surface area contributed by atoms with Gasteiger partial charge in [-0.2, -0.15) is 0 Å². The van der Waals surface area contributed by atoms with E-state index in [9.17, 15) is 18.7 Å². The fraction of sp³-hybridized carbons (Fsp3) is 0.300. The lowest BCUT2D eigenvalue weighted by atomic mass is 10.00. The molecule has 15 heavy (non-hydrogen) atoms. The first-order chi connectivity index (χ1) is 6.86. The Morgan fingerprint density at radius 2 is 2.00 bits per heavy atom. The monoisotopic (exact) mass is 278 g/mol. The van der Waals surface area contributed by atoms with Gasteiger partial charge in [0, 0.05) is 5.92 Å². The van der Waals surface area contributed by atoms with E-state index in [2.05, 4.69) is 15.9 Å². The number of rotatable bonds is 2. The normalized spacial score (nSPS) is 10.8. The van der Waals surface area contributed by atoms with Crippen molar-refractivity contribution in [2.75, 3.05) is 0 Å². The van der Waals surface area contributed by atoms with E-state index in [0.717, 1.165) is 0 Å². The number of carbonyl (C=O) groups excluding carboxylic acids is 1. The zero-order chi connectivity index (χ0) is 11.7. The minimum absolute atomic E-state index is 0.212. The minimum atomic E-state index is -1.20. The van der Waals surface area contributed by atoms with Gasteiger partial charge in [-0.05, 0) is 22.0 Å². The van der Waals surface area contributed by atoms with Gasteiger partial charge in [-0.15, -0.1) is 0 Å². The summed E-state index contributed by atoms with van der Waals surface area (Å²) < 4.78 is 25.5. The van der Waals surface area contributed by atoms with Crippen LogP contribution in [0.4, 0.5) is 8.78 Å². The van der Waals surface area contributed by atoms with Crippen LogP contribution in [-0.4, -0.2) is 10.9 Å². The molecule has 0 aliphatic heterocycles. The molecule has 0 saturated heterocycles. The third kappa shape index (κ3) is 2.17. The lowest BCUT2D eigenvalue weighted by Gasteiger charge is -2.09. The molecule has 0 fully saturated rings.